The van der Waals surface area contributed by atoms with Gasteiger partial charge < -0.3 is 28.5 Å². The maximum absolute atomic E-state index is 13.5. The summed E-state index contributed by atoms with van der Waals surface area (Å²) in [5.74, 6) is -0.544. The smallest absolute Gasteiger partial charge is 0.306 e. The molecule has 0 aromatic carbocycles. The highest BCUT2D eigenvalue weighted by Gasteiger charge is 2.27. The van der Waals surface area contributed by atoms with E-state index in [9.17, 15) is 19.0 Å². The second-order valence-corrected chi connectivity index (χ2v) is 22.6. The Hall–Kier alpha value is -2.03. The molecule has 9 nitrogen and oxygen atoms in total. The van der Waals surface area contributed by atoms with Crippen molar-refractivity contribution in [1.82, 2.24) is 5.32 Å². The minimum absolute atomic E-state index is 0.0231. The van der Waals surface area contributed by atoms with Gasteiger partial charge in [0.2, 0.25) is 5.91 Å². The molecule has 0 radical (unpaired) electrons. The molecule has 0 heterocycles. The lowest BCUT2D eigenvalue weighted by molar-refractivity contribution is -0.870. The van der Waals surface area contributed by atoms with E-state index in [4.69, 9.17) is 13.8 Å². The zero-order valence-electron chi connectivity index (χ0n) is 46.7. The normalized spacial score (nSPS) is 14.1. The molecule has 0 aromatic rings. The molecular formula is C60H113N2O7P. The average molecular weight is 1010 g/mol. The first-order valence-corrected chi connectivity index (χ1v) is 30.9. The van der Waals surface area contributed by atoms with Crippen LogP contribution in [0.3, 0.4) is 0 Å². The van der Waals surface area contributed by atoms with E-state index in [2.05, 4.69) is 62.5 Å². The number of likely N-dealkylation sites (N-methyl/N-ethyl adjacent to an activating group) is 1. The van der Waals surface area contributed by atoms with Gasteiger partial charge in [0.15, 0.2) is 0 Å². The van der Waals surface area contributed by atoms with Gasteiger partial charge in [-0.3, -0.25) is 14.2 Å². The maximum atomic E-state index is 13.5. The van der Waals surface area contributed by atoms with Crippen LogP contribution >= 0.6 is 7.82 Å². The molecule has 0 bridgehead atoms. The van der Waals surface area contributed by atoms with E-state index < -0.39 is 20.0 Å². The van der Waals surface area contributed by atoms with Gasteiger partial charge in [0.1, 0.15) is 19.3 Å². The number of unbranched alkanes of at least 4 members (excludes halogenated alkanes) is 31. The predicted octanol–water partition coefficient (Wildman–Crippen LogP) is 17.1. The lowest BCUT2D eigenvalue weighted by atomic mass is 10.0. The summed E-state index contributed by atoms with van der Waals surface area (Å²) < 4.78 is 30.2. The van der Waals surface area contributed by atoms with Crippen LogP contribution in [0.1, 0.15) is 271 Å². The number of carbonyl (C=O) groups is 2. The van der Waals surface area contributed by atoms with E-state index in [0.29, 0.717) is 17.4 Å². The van der Waals surface area contributed by atoms with Crippen LogP contribution in [-0.2, 0) is 27.9 Å². The van der Waals surface area contributed by atoms with Crippen molar-refractivity contribution in [3.05, 3.63) is 48.6 Å². The molecular weight excluding hydrogens is 892 g/mol. The van der Waals surface area contributed by atoms with Crippen LogP contribution < -0.4 is 10.2 Å². The molecule has 0 spiro atoms. The number of carbonyl (C=O) groups excluding carboxylic acids is 2. The summed E-state index contributed by atoms with van der Waals surface area (Å²) in [6.07, 6.45) is 60.7. The summed E-state index contributed by atoms with van der Waals surface area (Å²) in [5.41, 5.74) is 0. The number of hydrogen-bond acceptors (Lipinski definition) is 7. The molecule has 1 amide bonds. The van der Waals surface area contributed by atoms with Crippen LogP contribution in [0.5, 0.6) is 0 Å². The fourth-order valence-electron chi connectivity index (χ4n) is 8.41. The summed E-state index contributed by atoms with van der Waals surface area (Å²) in [4.78, 5) is 39.8. The Morgan fingerprint density at radius 1 is 0.500 bits per heavy atom. The molecule has 0 rings (SSSR count). The fourth-order valence-corrected chi connectivity index (χ4v) is 9.13. The van der Waals surface area contributed by atoms with Crippen molar-refractivity contribution >= 4 is 19.7 Å². The van der Waals surface area contributed by atoms with Gasteiger partial charge in [-0.25, -0.2) is 0 Å². The highest BCUT2D eigenvalue weighted by Crippen LogP contribution is 2.38. The highest BCUT2D eigenvalue weighted by atomic mass is 31.2. The third-order valence-electron chi connectivity index (χ3n) is 13.0. The molecule has 3 unspecified atom stereocenters. The molecule has 0 fully saturated rings. The van der Waals surface area contributed by atoms with Gasteiger partial charge in [-0.05, 0) is 70.3 Å². The molecule has 70 heavy (non-hydrogen) atoms. The van der Waals surface area contributed by atoms with Crippen LogP contribution in [0.15, 0.2) is 48.6 Å². The molecule has 410 valence electrons. The van der Waals surface area contributed by atoms with E-state index in [1.165, 1.54) is 154 Å². The largest absolute Gasteiger partial charge is 0.756 e. The molecule has 0 aliphatic heterocycles. The van der Waals surface area contributed by atoms with Gasteiger partial charge in [0.25, 0.3) is 7.82 Å². The van der Waals surface area contributed by atoms with Crippen molar-refractivity contribution in [3.63, 3.8) is 0 Å². The van der Waals surface area contributed by atoms with Gasteiger partial charge >= 0.3 is 5.97 Å². The summed E-state index contributed by atoms with van der Waals surface area (Å²) in [7, 11) is 1.18. The maximum Gasteiger partial charge on any atom is 0.306 e. The highest BCUT2D eigenvalue weighted by molar-refractivity contribution is 7.45. The molecule has 0 aliphatic rings. The number of amides is 1. The second-order valence-electron chi connectivity index (χ2n) is 21.2. The molecule has 0 aliphatic carbocycles. The fraction of sp³-hybridized carbons (Fsp3) is 0.833. The Kier molecular flexibility index (Phi) is 49.0. The molecule has 0 saturated heterocycles. The Labute approximate surface area is 433 Å². The lowest BCUT2D eigenvalue weighted by Crippen LogP contribution is -2.47. The minimum Gasteiger partial charge on any atom is -0.756 e. The first-order valence-electron chi connectivity index (χ1n) is 29.4. The van der Waals surface area contributed by atoms with Gasteiger partial charge in [-0.15, -0.1) is 0 Å². The van der Waals surface area contributed by atoms with Gasteiger partial charge in [0.05, 0.1) is 33.8 Å². The van der Waals surface area contributed by atoms with Crippen molar-refractivity contribution in [3.8, 4) is 0 Å². The Bertz CT molecular complexity index is 1340. The number of quaternary nitrogens is 1. The molecule has 1 N–H and O–H groups in total. The van der Waals surface area contributed by atoms with E-state index in [1.54, 1.807) is 0 Å². The number of phosphoric ester groups is 1. The van der Waals surface area contributed by atoms with Crippen LogP contribution in [-0.4, -0.2) is 69.4 Å². The number of nitrogens with one attached hydrogen (secondary N) is 1. The second kappa shape index (κ2) is 50.5. The van der Waals surface area contributed by atoms with E-state index in [1.807, 2.05) is 33.3 Å². The average Bonchev–Trinajstić information content (AvgIpc) is 3.32. The molecule has 0 saturated carbocycles. The molecule has 10 heteroatoms. The molecule has 3 atom stereocenters. The van der Waals surface area contributed by atoms with Crippen molar-refractivity contribution < 1.29 is 37.3 Å². The monoisotopic (exact) mass is 1000 g/mol. The Balaban J connectivity index is 5.23. The number of phosphoric acid groups is 1. The standard InChI is InChI=1S/C60H113N2O7P/c1-7-10-13-16-19-22-25-27-28-29-30-31-32-33-34-35-38-40-43-46-49-52-59(63)61-57(56-68-70(65,66)67-55-54-62(4,5)6)58(51-48-45-42-39-37-26-23-20-17-14-11-8-2)69-60(64)53-50-47-44-41-36-24-21-18-15-12-9-3/h19,22,27-28,30-31,48,51,57-58H,7-18,20-21,23-26,29,32-47,49-50,52-56H2,1-6H3,(H-,61,63,65,66)/b22-19-,28-27-,31-30-,51-48-. The van der Waals surface area contributed by atoms with Gasteiger partial charge in [-0.1, -0.05) is 237 Å². The SMILES string of the molecule is CCCCC/C=C\C/C=C\C/C=C\CCCCCCCCCCC(=O)NC(COP(=O)([O-])OCC[N+](C)(C)C)C(/C=C\CCCCCCCCCCCC)OC(=O)CCCCCCCCCCCCC. The first-order chi connectivity index (χ1) is 33.9. The number of allylic oxidation sites excluding steroid dienone is 7. The van der Waals surface area contributed by atoms with Crippen LogP contribution in [0.25, 0.3) is 0 Å². The van der Waals surface area contributed by atoms with E-state index >= 15 is 0 Å². The third kappa shape index (κ3) is 50.9. The quantitative estimate of drug-likeness (QED) is 0.0212. The predicted molar refractivity (Wildman–Crippen MR) is 298 cm³/mol. The van der Waals surface area contributed by atoms with E-state index in [-0.39, 0.29) is 31.5 Å². The van der Waals surface area contributed by atoms with Crippen molar-refractivity contribution in [2.45, 2.75) is 283 Å². The number of hydrogen-bond donors (Lipinski definition) is 1. The summed E-state index contributed by atoms with van der Waals surface area (Å²) in [5, 5.41) is 3.02. The summed E-state index contributed by atoms with van der Waals surface area (Å²) >= 11 is 0. The van der Waals surface area contributed by atoms with E-state index in [0.717, 1.165) is 83.5 Å². The number of esters is 1. The third-order valence-corrected chi connectivity index (χ3v) is 14.0. The van der Waals surface area contributed by atoms with Crippen LogP contribution in [0.2, 0.25) is 0 Å². The van der Waals surface area contributed by atoms with Crippen molar-refractivity contribution in [2.75, 3.05) is 40.9 Å². The lowest BCUT2D eigenvalue weighted by Gasteiger charge is -2.30. The number of ether oxygens (including phenoxy) is 1. The first kappa shape index (κ1) is 68.0. The molecule has 0 aromatic heterocycles. The summed E-state index contributed by atoms with van der Waals surface area (Å²) in [6.45, 7) is 6.81. The van der Waals surface area contributed by atoms with Crippen molar-refractivity contribution in [2.24, 2.45) is 0 Å². The summed E-state index contributed by atoms with van der Waals surface area (Å²) in [6, 6.07) is -0.888. The van der Waals surface area contributed by atoms with Crippen LogP contribution in [0, 0.1) is 0 Å². The number of nitrogens with zero attached hydrogens (tertiary/aromatic N) is 1. The Morgan fingerprint density at radius 3 is 1.33 bits per heavy atom. The van der Waals surface area contributed by atoms with Gasteiger partial charge in [0, 0.05) is 12.8 Å². The van der Waals surface area contributed by atoms with Gasteiger partial charge in [-0.2, -0.15) is 0 Å². The zero-order chi connectivity index (χ0) is 51.5. The Morgan fingerprint density at radius 2 is 0.871 bits per heavy atom. The minimum atomic E-state index is -4.69. The topological polar surface area (TPSA) is 114 Å². The number of rotatable bonds is 53. The van der Waals surface area contributed by atoms with Crippen LogP contribution in [0.4, 0.5) is 0 Å². The van der Waals surface area contributed by atoms with Crippen molar-refractivity contribution in [1.29, 1.82) is 0 Å². The zero-order valence-corrected chi connectivity index (χ0v) is 47.6.